The molecule has 0 aliphatic heterocycles. The number of hydrogen-bond acceptors (Lipinski definition) is 3. The Hall–Kier alpha value is -2.51. The molecule has 0 atom stereocenters. The maximum Gasteiger partial charge on any atom is 0.416 e. The van der Waals surface area contributed by atoms with Crippen LogP contribution in [0, 0.1) is 0 Å². The van der Waals surface area contributed by atoms with Gasteiger partial charge >= 0.3 is 6.18 Å². The predicted octanol–water partition coefficient (Wildman–Crippen LogP) is 2.12. The second-order valence-electron chi connectivity index (χ2n) is 4.08. The topological polar surface area (TPSA) is 72.9 Å². The molecule has 1 aromatic heterocycles. The van der Waals surface area contributed by atoms with Crippen molar-refractivity contribution in [3.63, 3.8) is 0 Å². The molecule has 0 spiro atoms. The van der Waals surface area contributed by atoms with E-state index in [1.54, 1.807) is 6.20 Å². The second-order valence-corrected chi connectivity index (χ2v) is 4.08. The summed E-state index contributed by atoms with van der Waals surface area (Å²) in [5.74, 6) is -0.408. The first-order valence-corrected chi connectivity index (χ1v) is 5.58. The standard InChI is InChI=1S/C12H11F3N4O/c13-12(14,15)8-1-2-10(9(16)5-8)18-11(20)6-19-4-3-17-7-19/h1-5,7H,6,16H2,(H,18,20). The lowest BCUT2D eigenvalue weighted by molar-refractivity contribution is -0.137. The molecule has 3 N–H and O–H groups in total. The summed E-state index contributed by atoms with van der Waals surface area (Å²) in [6.07, 6.45) is 0.0958. The van der Waals surface area contributed by atoms with E-state index >= 15 is 0 Å². The molecule has 0 fully saturated rings. The Bertz CT molecular complexity index is 608. The van der Waals surface area contributed by atoms with Gasteiger partial charge in [0.05, 0.1) is 23.3 Å². The highest BCUT2D eigenvalue weighted by atomic mass is 19.4. The second kappa shape index (κ2) is 5.24. The van der Waals surface area contributed by atoms with Crippen molar-refractivity contribution in [1.29, 1.82) is 0 Å². The van der Waals surface area contributed by atoms with Crippen LogP contribution in [0.15, 0.2) is 36.9 Å². The molecule has 0 bridgehead atoms. The lowest BCUT2D eigenvalue weighted by Crippen LogP contribution is -2.19. The quantitative estimate of drug-likeness (QED) is 0.848. The molecule has 2 aromatic rings. The molecule has 1 amide bonds. The Labute approximate surface area is 112 Å². The van der Waals surface area contributed by atoms with Crippen LogP contribution in [0.2, 0.25) is 0 Å². The first kappa shape index (κ1) is 13.9. The molecule has 2 rings (SSSR count). The highest BCUT2D eigenvalue weighted by molar-refractivity contribution is 5.93. The van der Waals surface area contributed by atoms with Crippen LogP contribution in [0.1, 0.15) is 5.56 Å². The van der Waals surface area contributed by atoms with E-state index in [-0.39, 0.29) is 17.9 Å². The van der Waals surface area contributed by atoms with Crippen molar-refractivity contribution in [2.45, 2.75) is 12.7 Å². The Kier molecular flexibility index (Phi) is 3.64. The summed E-state index contributed by atoms with van der Waals surface area (Å²) in [7, 11) is 0. The van der Waals surface area contributed by atoms with E-state index in [4.69, 9.17) is 5.73 Å². The fourth-order valence-electron chi connectivity index (χ4n) is 1.59. The van der Waals surface area contributed by atoms with Crippen LogP contribution in [0.3, 0.4) is 0 Å². The number of carbonyl (C=O) groups is 1. The third-order valence-electron chi connectivity index (χ3n) is 2.54. The number of alkyl halides is 3. The summed E-state index contributed by atoms with van der Waals surface area (Å²) in [5.41, 5.74) is 4.65. The molecule has 0 unspecified atom stereocenters. The summed E-state index contributed by atoms with van der Waals surface area (Å²) >= 11 is 0. The first-order chi connectivity index (χ1) is 9.36. The fourth-order valence-corrected chi connectivity index (χ4v) is 1.59. The van der Waals surface area contributed by atoms with Gasteiger partial charge < -0.3 is 15.6 Å². The Morgan fingerprint density at radius 1 is 1.40 bits per heavy atom. The molecule has 20 heavy (non-hydrogen) atoms. The zero-order valence-corrected chi connectivity index (χ0v) is 10.2. The van der Waals surface area contributed by atoms with Crippen LogP contribution < -0.4 is 11.1 Å². The van der Waals surface area contributed by atoms with Crippen LogP contribution >= 0.6 is 0 Å². The van der Waals surface area contributed by atoms with E-state index in [0.717, 1.165) is 18.2 Å². The zero-order chi connectivity index (χ0) is 14.8. The summed E-state index contributed by atoms with van der Waals surface area (Å²) in [4.78, 5) is 15.4. The number of benzene rings is 1. The van der Waals surface area contributed by atoms with Gasteiger partial charge in [0.2, 0.25) is 5.91 Å². The minimum Gasteiger partial charge on any atom is -0.397 e. The minimum atomic E-state index is -4.46. The van der Waals surface area contributed by atoms with Crippen molar-refractivity contribution >= 4 is 17.3 Å². The largest absolute Gasteiger partial charge is 0.416 e. The fraction of sp³-hybridized carbons (Fsp3) is 0.167. The van der Waals surface area contributed by atoms with Gasteiger partial charge in [-0.1, -0.05) is 0 Å². The van der Waals surface area contributed by atoms with E-state index in [9.17, 15) is 18.0 Å². The Morgan fingerprint density at radius 3 is 2.70 bits per heavy atom. The predicted molar refractivity (Wildman–Crippen MR) is 66.7 cm³/mol. The molecule has 1 heterocycles. The van der Waals surface area contributed by atoms with Gasteiger partial charge in [-0.15, -0.1) is 0 Å². The average molecular weight is 284 g/mol. The molecular weight excluding hydrogens is 273 g/mol. The van der Waals surface area contributed by atoms with E-state index in [0.29, 0.717) is 0 Å². The Morgan fingerprint density at radius 2 is 2.15 bits per heavy atom. The number of nitrogens with two attached hydrogens (primary N) is 1. The molecule has 0 aliphatic carbocycles. The number of nitrogen functional groups attached to an aromatic ring is 1. The number of nitrogens with zero attached hydrogens (tertiary/aromatic N) is 2. The zero-order valence-electron chi connectivity index (χ0n) is 10.2. The molecule has 0 saturated carbocycles. The van der Waals surface area contributed by atoms with Crippen molar-refractivity contribution in [3.8, 4) is 0 Å². The van der Waals surface area contributed by atoms with Crippen LogP contribution in [0.4, 0.5) is 24.5 Å². The molecule has 0 radical (unpaired) electrons. The number of halogens is 3. The van der Waals surface area contributed by atoms with Gasteiger partial charge in [0, 0.05) is 12.4 Å². The van der Waals surface area contributed by atoms with E-state index in [2.05, 4.69) is 10.3 Å². The summed E-state index contributed by atoms with van der Waals surface area (Å²) in [6.45, 7) is 0.000459. The van der Waals surface area contributed by atoms with Crippen molar-refractivity contribution in [2.75, 3.05) is 11.1 Å². The van der Waals surface area contributed by atoms with Gasteiger partial charge in [-0.25, -0.2) is 4.98 Å². The molecule has 106 valence electrons. The van der Waals surface area contributed by atoms with Crippen LogP contribution in [-0.2, 0) is 17.5 Å². The van der Waals surface area contributed by atoms with E-state index < -0.39 is 17.6 Å². The molecule has 1 aromatic carbocycles. The van der Waals surface area contributed by atoms with Crippen molar-refractivity contribution in [2.24, 2.45) is 0 Å². The molecular formula is C12H11F3N4O. The number of nitrogens with one attached hydrogen (secondary N) is 1. The van der Waals surface area contributed by atoms with Gasteiger partial charge in [-0.2, -0.15) is 13.2 Å². The number of rotatable bonds is 3. The number of aromatic nitrogens is 2. The van der Waals surface area contributed by atoms with E-state index in [1.807, 2.05) is 0 Å². The van der Waals surface area contributed by atoms with E-state index in [1.165, 1.54) is 17.1 Å². The van der Waals surface area contributed by atoms with Gasteiger partial charge in [0.1, 0.15) is 6.54 Å². The van der Waals surface area contributed by atoms with Gasteiger partial charge in [0.25, 0.3) is 0 Å². The maximum absolute atomic E-state index is 12.5. The number of imidazole rings is 1. The maximum atomic E-state index is 12.5. The highest BCUT2D eigenvalue weighted by Gasteiger charge is 2.30. The van der Waals surface area contributed by atoms with Crippen molar-refractivity contribution in [1.82, 2.24) is 9.55 Å². The number of anilines is 2. The normalized spacial score (nSPS) is 11.3. The monoisotopic (exact) mass is 284 g/mol. The van der Waals surface area contributed by atoms with Crippen LogP contribution in [-0.4, -0.2) is 15.5 Å². The SMILES string of the molecule is Nc1cc(C(F)(F)F)ccc1NC(=O)Cn1ccnc1. The Balaban J connectivity index is 2.08. The average Bonchev–Trinajstić information content (AvgIpc) is 2.83. The van der Waals surface area contributed by atoms with Gasteiger partial charge in [-0.3, -0.25) is 4.79 Å². The van der Waals surface area contributed by atoms with Crippen molar-refractivity contribution in [3.05, 3.63) is 42.5 Å². The lowest BCUT2D eigenvalue weighted by atomic mass is 10.1. The number of hydrogen-bond donors (Lipinski definition) is 2. The third-order valence-corrected chi connectivity index (χ3v) is 2.54. The first-order valence-electron chi connectivity index (χ1n) is 5.58. The summed E-state index contributed by atoms with van der Waals surface area (Å²) in [5, 5.41) is 2.45. The third kappa shape index (κ3) is 3.28. The summed E-state index contributed by atoms with van der Waals surface area (Å²) < 4.78 is 38.9. The number of amides is 1. The molecule has 8 heteroatoms. The molecule has 0 aliphatic rings. The van der Waals surface area contributed by atoms with Gasteiger partial charge in [0.15, 0.2) is 0 Å². The van der Waals surface area contributed by atoms with Gasteiger partial charge in [-0.05, 0) is 18.2 Å². The number of carbonyl (C=O) groups excluding carboxylic acids is 1. The molecule has 5 nitrogen and oxygen atoms in total. The van der Waals surface area contributed by atoms with Crippen LogP contribution in [0.5, 0.6) is 0 Å². The smallest absolute Gasteiger partial charge is 0.397 e. The highest BCUT2D eigenvalue weighted by Crippen LogP contribution is 2.32. The van der Waals surface area contributed by atoms with Crippen molar-refractivity contribution < 1.29 is 18.0 Å². The lowest BCUT2D eigenvalue weighted by Gasteiger charge is -2.12. The summed E-state index contributed by atoms with van der Waals surface area (Å²) in [6, 6.07) is 2.78. The molecule has 0 saturated heterocycles. The minimum absolute atomic E-state index is 0.000459. The van der Waals surface area contributed by atoms with Crippen LogP contribution in [0.25, 0.3) is 0 Å².